The van der Waals surface area contributed by atoms with Gasteiger partial charge in [-0.25, -0.2) is 0 Å². The van der Waals surface area contributed by atoms with Gasteiger partial charge in [0.15, 0.2) is 0 Å². The van der Waals surface area contributed by atoms with Crippen molar-refractivity contribution in [2.45, 2.75) is 32.9 Å². The van der Waals surface area contributed by atoms with Crippen molar-refractivity contribution in [3.05, 3.63) is 41.6 Å². The summed E-state index contributed by atoms with van der Waals surface area (Å²) in [6.07, 6.45) is 2.88. The molecule has 2 aromatic rings. The van der Waals surface area contributed by atoms with Gasteiger partial charge in [-0.3, -0.25) is 14.7 Å². The molecule has 2 heterocycles. The number of carbonyl (C=O) groups excluding carboxylic acids is 1. The third kappa shape index (κ3) is 3.05. The lowest BCUT2D eigenvalue weighted by Gasteiger charge is -2.18. The first-order valence-corrected chi connectivity index (χ1v) is 7.46. The number of hydrogen-bond donors (Lipinski definition) is 1. The van der Waals surface area contributed by atoms with Gasteiger partial charge < -0.3 is 5.32 Å². The first kappa shape index (κ1) is 14.0. The van der Waals surface area contributed by atoms with Crippen molar-refractivity contribution in [3.63, 3.8) is 0 Å². The average Bonchev–Trinajstić information content (AvgIpc) is 2.89. The maximum absolute atomic E-state index is 11.1. The Hall–Kier alpha value is -1.94. The highest BCUT2D eigenvalue weighted by molar-refractivity contribution is 5.84. The Kier molecular flexibility index (Phi) is 3.88. The van der Waals surface area contributed by atoms with Gasteiger partial charge in [-0.1, -0.05) is 18.2 Å². The average molecular weight is 283 g/mol. The number of likely N-dealkylation sites (tertiary alicyclic amines) is 1. The molecule has 1 atom stereocenters. The van der Waals surface area contributed by atoms with E-state index in [1.54, 1.807) is 6.92 Å². The van der Waals surface area contributed by atoms with Crippen LogP contribution < -0.4 is 5.32 Å². The van der Waals surface area contributed by atoms with Crippen molar-refractivity contribution < 1.29 is 4.79 Å². The molecule has 1 fully saturated rings. The van der Waals surface area contributed by atoms with Crippen molar-refractivity contribution in [2.24, 2.45) is 0 Å². The van der Waals surface area contributed by atoms with E-state index >= 15 is 0 Å². The fourth-order valence-corrected chi connectivity index (χ4v) is 3.13. The minimum atomic E-state index is 0.0619. The fourth-order valence-electron chi connectivity index (χ4n) is 3.13. The van der Waals surface area contributed by atoms with Crippen LogP contribution in [0.2, 0.25) is 0 Å². The summed E-state index contributed by atoms with van der Waals surface area (Å²) in [5.74, 6) is 0.0619. The molecule has 1 amide bonds. The zero-order valence-electron chi connectivity index (χ0n) is 12.6. The molecule has 1 aliphatic heterocycles. The van der Waals surface area contributed by atoms with Crippen molar-refractivity contribution in [1.29, 1.82) is 0 Å². The lowest BCUT2D eigenvalue weighted by atomic mass is 10.0. The zero-order chi connectivity index (χ0) is 14.8. The number of hydrogen-bond acceptors (Lipinski definition) is 3. The van der Waals surface area contributed by atoms with Crippen LogP contribution in [-0.2, 0) is 11.3 Å². The van der Waals surface area contributed by atoms with Crippen molar-refractivity contribution in [2.75, 3.05) is 13.1 Å². The number of benzene rings is 1. The number of carbonyl (C=O) groups is 1. The van der Waals surface area contributed by atoms with Crippen LogP contribution in [0.25, 0.3) is 10.9 Å². The Bertz CT molecular complexity index is 668. The molecule has 1 saturated heterocycles. The summed E-state index contributed by atoms with van der Waals surface area (Å²) in [5.41, 5.74) is 3.62. The minimum absolute atomic E-state index is 0.0619. The van der Waals surface area contributed by atoms with E-state index in [1.807, 2.05) is 12.3 Å². The number of aromatic nitrogens is 1. The molecule has 0 radical (unpaired) electrons. The Morgan fingerprint density at radius 2 is 2.29 bits per heavy atom. The van der Waals surface area contributed by atoms with E-state index in [0.29, 0.717) is 0 Å². The second-order valence-corrected chi connectivity index (χ2v) is 5.86. The van der Waals surface area contributed by atoms with E-state index in [-0.39, 0.29) is 11.9 Å². The topological polar surface area (TPSA) is 45.2 Å². The number of fused-ring (bicyclic) bond motifs is 1. The third-order valence-electron chi connectivity index (χ3n) is 4.14. The summed E-state index contributed by atoms with van der Waals surface area (Å²) < 4.78 is 0. The molecule has 0 bridgehead atoms. The number of aryl methyl sites for hydroxylation is 1. The molecular formula is C17H21N3O. The SMILES string of the molecule is CC(=O)NC1CCN(Cc2ccc(C)c3ncccc23)C1. The summed E-state index contributed by atoms with van der Waals surface area (Å²) in [6.45, 7) is 6.55. The van der Waals surface area contributed by atoms with E-state index in [0.717, 1.165) is 31.6 Å². The fraction of sp³-hybridized carbons (Fsp3) is 0.412. The number of rotatable bonds is 3. The van der Waals surface area contributed by atoms with Crippen molar-refractivity contribution >= 4 is 16.8 Å². The zero-order valence-corrected chi connectivity index (χ0v) is 12.6. The molecule has 1 unspecified atom stereocenters. The van der Waals surface area contributed by atoms with E-state index in [1.165, 1.54) is 16.5 Å². The Balaban J connectivity index is 1.77. The number of nitrogens with one attached hydrogen (secondary N) is 1. The second-order valence-electron chi connectivity index (χ2n) is 5.86. The van der Waals surface area contributed by atoms with Gasteiger partial charge in [0.05, 0.1) is 5.52 Å². The molecule has 0 aliphatic carbocycles. The first-order chi connectivity index (χ1) is 10.1. The van der Waals surface area contributed by atoms with Crippen LogP contribution in [-0.4, -0.2) is 34.9 Å². The maximum Gasteiger partial charge on any atom is 0.217 e. The minimum Gasteiger partial charge on any atom is -0.352 e. The van der Waals surface area contributed by atoms with E-state index in [9.17, 15) is 4.79 Å². The second kappa shape index (κ2) is 5.82. The monoisotopic (exact) mass is 283 g/mol. The summed E-state index contributed by atoms with van der Waals surface area (Å²) in [4.78, 5) is 18.0. The smallest absolute Gasteiger partial charge is 0.217 e. The van der Waals surface area contributed by atoms with Crippen LogP contribution in [0.15, 0.2) is 30.5 Å². The molecule has 1 aromatic carbocycles. The van der Waals surface area contributed by atoms with Crippen molar-refractivity contribution in [3.8, 4) is 0 Å². The van der Waals surface area contributed by atoms with Gasteiger partial charge in [0.25, 0.3) is 0 Å². The maximum atomic E-state index is 11.1. The third-order valence-corrected chi connectivity index (χ3v) is 4.14. The van der Waals surface area contributed by atoms with Gasteiger partial charge in [0.2, 0.25) is 5.91 Å². The highest BCUT2D eigenvalue weighted by Crippen LogP contribution is 2.23. The molecule has 1 N–H and O–H groups in total. The molecular weight excluding hydrogens is 262 g/mol. The molecule has 0 saturated carbocycles. The summed E-state index contributed by atoms with van der Waals surface area (Å²) in [7, 11) is 0. The highest BCUT2D eigenvalue weighted by atomic mass is 16.1. The Morgan fingerprint density at radius 3 is 3.10 bits per heavy atom. The van der Waals surface area contributed by atoms with E-state index in [4.69, 9.17) is 0 Å². The number of amides is 1. The summed E-state index contributed by atoms with van der Waals surface area (Å²) >= 11 is 0. The molecule has 3 rings (SSSR count). The van der Waals surface area contributed by atoms with Crippen LogP contribution in [0.5, 0.6) is 0 Å². The van der Waals surface area contributed by atoms with Crippen LogP contribution in [0.3, 0.4) is 0 Å². The molecule has 21 heavy (non-hydrogen) atoms. The van der Waals surface area contributed by atoms with Gasteiger partial charge >= 0.3 is 0 Å². The lowest BCUT2D eigenvalue weighted by molar-refractivity contribution is -0.119. The van der Waals surface area contributed by atoms with Crippen LogP contribution in [0.1, 0.15) is 24.5 Å². The van der Waals surface area contributed by atoms with Gasteiger partial charge in [0, 0.05) is 44.2 Å². The van der Waals surface area contributed by atoms with Crippen LogP contribution >= 0.6 is 0 Å². The summed E-state index contributed by atoms with van der Waals surface area (Å²) in [5, 5.41) is 4.25. The van der Waals surface area contributed by atoms with Gasteiger partial charge in [0.1, 0.15) is 0 Å². The summed E-state index contributed by atoms with van der Waals surface area (Å²) in [6, 6.07) is 8.77. The van der Waals surface area contributed by atoms with Crippen LogP contribution in [0.4, 0.5) is 0 Å². The standard InChI is InChI=1S/C17H21N3O/c1-12-5-6-14(16-4-3-8-18-17(12)16)10-20-9-7-15(11-20)19-13(2)21/h3-6,8,15H,7,9-11H2,1-2H3,(H,19,21). The first-order valence-electron chi connectivity index (χ1n) is 7.46. The highest BCUT2D eigenvalue weighted by Gasteiger charge is 2.23. The molecule has 1 aliphatic rings. The molecule has 4 heteroatoms. The predicted octanol–water partition coefficient (Wildman–Crippen LogP) is 2.25. The van der Waals surface area contributed by atoms with Gasteiger partial charge in [-0.2, -0.15) is 0 Å². The number of pyridine rings is 1. The quantitative estimate of drug-likeness (QED) is 0.939. The van der Waals surface area contributed by atoms with Crippen LogP contribution in [0, 0.1) is 6.92 Å². The van der Waals surface area contributed by atoms with Crippen molar-refractivity contribution in [1.82, 2.24) is 15.2 Å². The lowest BCUT2D eigenvalue weighted by Crippen LogP contribution is -2.35. The van der Waals surface area contributed by atoms with Gasteiger partial charge in [-0.15, -0.1) is 0 Å². The normalized spacial score (nSPS) is 19.0. The molecule has 1 aromatic heterocycles. The predicted molar refractivity (Wildman–Crippen MR) is 84.0 cm³/mol. The van der Waals surface area contributed by atoms with E-state index < -0.39 is 0 Å². The molecule has 4 nitrogen and oxygen atoms in total. The molecule has 0 spiro atoms. The number of nitrogens with zero attached hydrogens (tertiary/aromatic N) is 2. The Morgan fingerprint density at radius 1 is 1.43 bits per heavy atom. The van der Waals surface area contributed by atoms with E-state index in [2.05, 4.69) is 40.3 Å². The Labute approximate surface area is 125 Å². The van der Waals surface area contributed by atoms with Gasteiger partial charge in [-0.05, 0) is 30.5 Å². The molecule has 110 valence electrons. The largest absolute Gasteiger partial charge is 0.352 e.